The molecule has 0 spiro atoms. The van der Waals surface area contributed by atoms with E-state index in [2.05, 4.69) is 5.32 Å². The second-order valence-corrected chi connectivity index (χ2v) is 5.91. The molecule has 3 rings (SSSR count). The summed E-state index contributed by atoms with van der Waals surface area (Å²) in [7, 11) is 0. The van der Waals surface area contributed by atoms with Crippen LogP contribution in [0.3, 0.4) is 0 Å². The lowest BCUT2D eigenvalue weighted by Crippen LogP contribution is -2.53. The Labute approximate surface area is 123 Å². The second-order valence-electron chi connectivity index (χ2n) is 5.91. The predicted molar refractivity (Wildman–Crippen MR) is 83.1 cm³/mol. The predicted octanol–water partition coefficient (Wildman–Crippen LogP) is 2.47. The van der Waals surface area contributed by atoms with Crippen molar-refractivity contribution < 1.29 is 9.59 Å². The average Bonchev–Trinajstić information content (AvgIpc) is 2.55. The van der Waals surface area contributed by atoms with E-state index < -0.39 is 5.54 Å². The number of nitrogens with one attached hydrogen (secondary N) is 1. The molecule has 2 aromatic rings. The maximum absolute atomic E-state index is 12.7. The second kappa shape index (κ2) is 4.88. The summed E-state index contributed by atoms with van der Waals surface area (Å²) in [5.41, 5.74) is -0.0394. The summed E-state index contributed by atoms with van der Waals surface area (Å²) < 4.78 is 0. The SMILES string of the molecule is CC1(C)NC(=O)CCN(c2ccc3ccccc3c2)C1=O. The zero-order chi connectivity index (χ0) is 15.0. The first-order valence-electron chi connectivity index (χ1n) is 7.09. The Bertz CT molecular complexity index is 722. The van der Waals surface area contributed by atoms with Crippen LogP contribution in [0, 0.1) is 0 Å². The minimum absolute atomic E-state index is 0.0800. The normalized spacial score (nSPS) is 18.5. The number of hydrogen-bond acceptors (Lipinski definition) is 2. The van der Waals surface area contributed by atoms with E-state index in [4.69, 9.17) is 0 Å². The van der Waals surface area contributed by atoms with Crippen LogP contribution in [0.15, 0.2) is 42.5 Å². The molecule has 21 heavy (non-hydrogen) atoms. The van der Waals surface area contributed by atoms with Crippen LogP contribution < -0.4 is 10.2 Å². The largest absolute Gasteiger partial charge is 0.342 e. The third-order valence-corrected chi connectivity index (χ3v) is 3.84. The molecule has 1 aliphatic rings. The molecule has 4 nitrogen and oxygen atoms in total. The van der Waals surface area contributed by atoms with Crippen molar-refractivity contribution in [3.05, 3.63) is 42.5 Å². The smallest absolute Gasteiger partial charge is 0.252 e. The Kier molecular flexibility index (Phi) is 3.16. The Balaban J connectivity index is 2.03. The maximum Gasteiger partial charge on any atom is 0.252 e. The molecule has 2 amide bonds. The van der Waals surface area contributed by atoms with E-state index in [9.17, 15) is 9.59 Å². The summed E-state index contributed by atoms with van der Waals surface area (Å²) in [6.07, 6.45) is 0.321. The van der Waals surface area contributed by atoms with E-state index >= 15 is 0 Å². The average molecular weight is 282 g/mol. The molecule has 4 heteroatoms. The molecule has 108 valence electrons. The lowest BCUT2D eigenvalue weighted by molar-refractivity contribution is -0.128. The number of nitrogens with zero attached hydrogens (tertiary/aromatic N) is 1. The van der Waals surface area contributed by atoms with Crippen molar-refractivity contribution in [3.63, 3.8) is 0 Å². The Hall–Kier alpha value is -2.36. The first-order valence-corrected chi connectivity index (χ1v) is 7.09. The third-order valence-electron chi connectivity index (χ3n) is 3.84. The van der Waals surface area contributed by atoms with Crippen LogP contribution >= 0.6 is 0 Å². The van der Waals surface area contributed by atoms with Crippen LogP contribution in [0.1, 0.15) is 20.3 Å². The molecule has 1 aliphatic heterocycles. The number of amides is 2. The third kappa shape index (κ3) is 2.49. The van der Waals surface area contributed by atoms with E-state index in [-0.39, 0.29) is 11.8 Å². The molecule has 0 atom stereocenters. The van der Waals surface area contributed by atoms with Gasteiger partial charge in [0.2, 0.25) is 5.91 Å². The molecular formula is C17H18N2O2. The van der Waals surface area contributed by atoms with Crippen LogP contribution in [0.25, 0.3) is 10.8 Å². The van der Waals surface area contributed by atoms with E-state index in [0.717, 1.165) is 16.5 Å². The fourth-order valence-corrected chi connectivity index (χ4v) is 2.71. The highest BCUT2D eigenvalue weighted by Crippen LogP contribution is 2.25. The number of anilines is 1. The van der Waals surface area contributed by atoms with E-state index in [1.54, 1.807) is 18.7 Å². The number of benzene rings is 2. The van der Waals surface area contributed by atoms with Gasteiger partial charge in [-0.05, 0) is 36.8 Å². The maximum atomic E-state index is 12.7. The van der Waals surface area contributed by atoms with Crippen molar-refractivity contribution in [1.29, 1.82) is 0 Å². The first kappa shape index (κ1) is 13.6. The summed E-state index contributed by atoms with van der Waals surface area (Å²) >= 11 is 0. The van der Waals surface area contributed by atoms with Gasteiger partial charge >= 0.3 is 0 Å². The van der Waals surface area contributed by atoms with Gasteiger partial charge in [-0.25, -0.2) is 0 Å². The fourth-order valence-electron chi connectivity index (χ4n) is 2.71. The Morgan fingerprint density at radius 3 is 2.52 bits per heavy atom. The lowest BCUT2D eigenvalue weighted by atomic mass is 10.0. The molecule has 0 saturated carbocycles. The number of fused-ring (bicyclic) bond motifs is 1. The molecule has 0 radical (unpaired) electrons. The molecule has 0 aliphatic carbocycles. The summed E-state index contributed by atoms with van der Waals surface area (Å²) in [6, 6.07) is 14.0. The van der Waals surface area contributed by atoms with Crippen LogP contribution in [0.5, 0.6) is 0 Å². The molecule has 0 unspecified atom stereocenters. The Morgan fingerprint density at radius 2 is 1.76 bits per heavy atom. The molecule has 1 N–H and O–H groups in total. The topological polar surface area (TPSA) is 49.4 Å². The Morgan fingerprint density at radius 1 is 1.05 bits per heavy atom. The molecule has 0 aromatic heterocycles. The molecule has 1 heterocycles. The first-order chi connectivity index (χ1) is 9.97. The van der Waals surface area contributed by atoms with Gasteiger partial charge in [0, 0.05) is 18.7 Å². The van der Waals surface area contributed by atoms with Gasteiger partial charge in [-0.3, -0.25) is 9.59 Å². The highest BCUT2D eigenvalue weighted by molar-refractivity contribution is 6.04. The summed E-state index contributed by atoms with van der Waals surface area (Å²) in [4.78, 5) is 26.1. The van der Waals surface area contributed by atoms with Crippen molar-refractivity contribution >= 4 is 28.3 Å². The van der Waals surface area contributed by atoms with Crippen LogP contribution in [-0.2, 0) is 9.59 Å². The highest BCUT2D eigenvalue weighted by Gasteiger charge is 2.37. The van der Waals surface area contributed by atoms with Gasteiger partial charge in [0.25, 0.3) is 5.91 Å². The summed E-state index contributed by atoms with van der Waals surface area (Å²) in [6.45, 7) is 3.89. The van der Waals surface area contributed by atoms with Crippen LogP contribution in [0.4, 0.5) is 5.69 Å². The van der Waals surface area contributed by atoms with Crippen molar-refractivity contribution in [2.75, 3.05) is 11.4 Å². The van der Waals surface area contributed by atoms with Gasteiger partial charge in [0.15, 0.2) is 0 Å². The van der Waals surface area contributed by atoms with Gasteiger partial charge in [-0.1, -0.05) is 30.3 Å². The van der Waals surface area contributed by atoms with Crippen LogP contribution in [-0.4, -0.2) is 23.9 Å². The zero-order valence-electron chi connectivity index (χ0n) is 12.2. The number of carbonyl (C=O) groups excluding carboxylic acids is 2. The van der Waals surface area contributed by atoms with Crippen molar-refractivity contribution in [2.45, 2.75) is 25.8 Å². The minimum atomic E-state index is -0.876. The van der Waals surface area contributed by atoms with Gasteiger partial charge < -0.3 is 10.2 Å². The monoisotopic (exact) mass is 282 g/mol. The number of rotatable bonds is 1. The zero-order valence-corrected chi connectivity index (χ0v) is 12.2. The lowest BCUT2D eigenvalue weighted by Gasteiger charge is -2.29. The summed E-state index contributed by atoms with van der Waals surface area (Å²) in [5, 5.41) is 5.00. The quantitative estimate of drug-likeness (QED) is 0.873. The van der Waals surface area contributed by atoms with Gasteiger partial charge in [0.1, 0.15) is 5.54 Å². The summed E-state index contributed by atoms with van der Waals surface area (Å²) in [5.74, 6) is -0.166. The number of hydrogen-bond donors (Lipinski definition) is 1. The fraction of sp³-hybridized carbons (Fsp3) is 0.294. The van der Waals surface area contributed by atoms with Gasteiger partial charge in [-0.15, -0.1) is 0 Å². The number of carbonyl (C=O) groups is 2. The van der Waals surface area contributed by atoms with Crippen molar-refractivity contribution in [2.24, 2.45) is 0 Å². The molecule has 1 fully saturated rings. The van der Waals surface area contributed by atoms with Crippen molar-refractivity contribution in [3.8, 4) is 0 Å². The molecule has 2 aromatic carbocycles. The van der Waals surface area contributed by atoms with Crippen molar-refractivity contribution in [1.82, 2.24) is 5.32 Å². The highest BCUT2D eigenvalue weighted by atomic mass is 16.2. The minimum Gasteiger partial charge on any atom is -0.342 e. The van der Waals surface area contributed by atoms with E-state index in [0.29, 0.717) is 13.0 Å². The van der Waals surface area contributed by atoms with Gasteiger partial charge in [0.05, 0.1) is 0 Å². The molecule has 0 bridgehead atoms. The van der Waals surface area contributed by atoms with E-state index in [1.165, 1.54) is 0 Å². The van der Waals surface area contributed by atoms with Gasteiger partial charge in [-0.2, -0.15) is 0 Å². The van der Waals surface area contributed by atoms with Crippen LogP contribution in [0.2, 0.25) is 0 Å². The van der Waals surface area contributed by atoms with E-state index in [1.807, 2.05) is 42.5 Å². The molecular weight excluding hydrogens is 264 g/mol. The molecule has 1 saturated heterocycles. The standard InChI is InChI=1S/C17H18N2O2/c1-17(2)16(21)19(10-9-15(20)18-17)14-8-7-12-5-3-4-6-13(12)11-14/h3-8,11H,9-10H2,1-2H3,(H,18,20).